The maximum atomic E-state index is 5.88. The second kappa shape index (κ2) is 4.13. The average Bonchev–Trinajstić information content (AvgIpc) is 2.16. The predicted octanol–water partition coefficient (Wildman–Crippen LogP) is 3.25. The Labute approximate surface area is 80.3 Å². The summed E-state index contributed by atoms with van der Waals surface area (Å²) in [6.45, 7) is 8.28. The van der Waals surface area contributed by atoms with E-state index in [2.05, 4.69) is 26.5 Å². The van der Waals surface area contributed by atoms with Crippen LogP contribution in [-0.4, -0.2) is 0 Å². The molecule has 0 radical (unpaired) electrons. The second-order valence-corrected chi connectivity index (χ2v) is 3.18. The molecule has 0 aliphatic heterocycles. The van der Waals surface area contributed by atoms with Gasteiger partial charge < -0.3 is 5.73 Å². The first kappa shape index (κ1) is 9.85. The number of rotatable bonds is 3. The van der Waals surface area contributed by atoms with Crippen molar-refractivity contribution in [2.24, 2.45) is 0 Å². The van der Waals surface area contributed by atoms with E-state index in [1.807, 2.05) is 12.1 Å². The molecule has 0 unspecified atom stereocenters. The Hall–Kier alpha value is -1.24. The molecule has 0 spiro atoms. The molecule has 1 aromatic rings. The molecule has 0 aromatic heterocycles. The summed E-state index contributed by atoms with van der Waals surface area (Å²) in [6, 6.07) is 6.04. The third-order valence-corrected chi connectivity index (χ3v) is 2.37. The molecule has 1 aromatic carbocycles. The fourth-order valence-electron chi connectivity index (χ4n) is 1.52. The zero-order valence-electron chi connectivity index (χ0n) is 8.43. The van der Waals surface area contributed by atoms with E-state index in [-0.39, 0.29) is 0 Å². The van der Waals surface area contributed by atoms with Crippen LogP contribution in [0.25, 0.3) is 5.57 Å². The molecule has 0 saturated heterocycles. The summed E-state index contributed by atoms with van der Waals surface area (Å²) in [5.41, 5.74) is 10.4. The third-order valence-electron chi connectivity index (χ3n) is 2.37. The Morgan fingerprint density at radius 3 is 2.62 bits per heavy atom. The molecule has 13 heavy (non-hydrogen) atoms. The average molecular weight is 175 g/mol. The zero-order chi connectivity index (χ0) is 9.84. The molecule has 0 aliphatic carbocycles. The molecule has 1 nitrogen and oxygen atoms in total. The van der Waals surface area contributed by atoms with Gasteiger partial charge in [-0.25, -0.2) is 0 Å². The van der Waals surface area contributed by atoms with Crippen LogP contribution in [0, 0.1) is 0 Å². The van der Waals surface area contributed by atoms with Crippen LogP contribution in [0.15, 0.2) is 24.8 Å². The number of nitrogens with two attached hydrogens (primary N) is 1. The van der Waals surface area contributed by atoms with Gasteiger partial charge in [-0.1, -0.05) is 32.6 Å². The Morgan fingerprint density at radius 1 is 1.38 bits per heavy atom. The van der Waals surface area contributed by atoms with E-state index < -0.39 is 0 Å². The summed E-state index contributed by atoms with van der Waals surface area (Å²) in [4.78, 5) is 0. The highest BCUT2D eigenvalue weighted by molar-refractivity contribution is 5.70. The topological polar surface area (TPSA) is 26.0 Å². The molecule has 1 heteroatoms. The van der Waals surface area contributed by atoms with Crippen LogP contribution in [0.4, 0.5) is 5.69 Å². The van der Waals surface area contributed by atoms with Crippen LogP contribution in [0.1, 0.15) is 31.4 Å². The van der Waals surface area contributed by atoms with Crippen molar-refractivity contribution >= 4 is 11.3 Å². The highest BCUT2D eigenvalue weighted by Gasteiger charge is 2.05. The number of anilines is 1. The minimum Gasteiger partial charge on any atom is -0.398 e. The number of nitrogen functional groups attached to an aromatic ring is 1. The number of benzene rings is 1. The SMILES string of the molecule is C=C(CC)c1cccc(N)c1CC. The summed E-state index contributed by atoms with van der Waals surface area (Å²) in [6.07, 6.45) is 1.96. The zero-order valence-corrected chi connectivity index (χ0v) is 8.43. The van der Waals surface area contributed by atoms with Gasteiger partial charge in [-0.3, -0.25) is 0 Å². The Morgan fingerprint density at radius 2 is 2.08 bits per heavy atom. The van der Waals surface area contributed by atoms with Gasteiger partial charge in [0.1, 0.15) is 0 Å². The Balaban J connectivity index is 3.20. The molecular weight excluding hydrogens is 158 g/mol. The molecule has 0 heterocycles. The van der Waals surface area contributed by atoms with Crippen molar-refractivity contribution in [2.45, 2.75) is 26.7 Å². The fourth-order valence-corrected chi connectivity index (χ4v) is 1.52. The first-order valence-electron chi connectivity index (χ1n) is 4.76. The standard InChI is InChI=1S/C12H17N/c1-4-9(3)11-7-6-8-12(13)10(11)5-2/h6-8H,3-5,13H2,1-2H3. The Bertz CT molecular complexity index is 313. The minimum atomic E-state index is 0.884. The summed E-state index contributed by atoms with van der Waals surface area (Å²) in [7, 11) is 0. The lowest BCUT2D eigenvalue weighted by molar-refractivity contribution is 1.12. The molecule has 1 rings (SSSR count). The van der Waals surface area contributed by atoms with Gasteiger partial charge in [0, 0.05) is 5.69 Å². The van der Waals surface area contributed by atoms with E-state index in [4.69, 9.17) is 5.73 Å². The normalized spacial score (nSPS) is 10.0. The number of hydrogen-bond donors (Lipinski definition) is 1. The molecular formula is C12H17N. The molecule has 0 bridgehead atoms. The maximum Gasteiger partial charge on any atom is 0.0352 e. The van der Waals surface area contributed by atoms with Crippen molar-refractivity contribution in [3.63, 3.8) is 0 Å². The quantitative estimate of drug-likeness (QED) is 0.701. The van der Waals surface area contributed by atoms with Crippen LogP contribution in [0.5, 0.6) is 0 Å². The van der Waals surface area contributed by atoms with Crippen LogP contribution >= 0.6 is 0 Å². The largest absolute Gasteiger partial charge is 0.398 e. The van der Waals surface area contributed by atoms with Crippen molar-refractivity contribution in [1.29, 1.82) is 0 Å². The van der Waals surface area contributed by atoms with Crippen molar-refractivity contribution in [3.05, 3.63) is 35.9 Å². The van der Waals surface area contributed by atoms with E-state index in [9.17, 15) is 0 Å². The summed E-state index contributed by atoms with van der Waals surface area (Å²) < 4.78 is 0. The van der Waals surface area contributed by atoms with E-state index >= 15 is 0 Å². The van der Waals surface area contributed by atoms with E-state index in [1.54, 1.807) is 0 Å². The van der Waals surface area contributed by atoms with Gasteiger partial charge in [0.25, 0.3) is 0 Å². The molecule has 0 amide bonds. The van der Waals surface area contributed by atoms with Gasteiger partial charge in [0.15, 0.2) is 0 Å². The first-order valence-corrected chi connectivity index (χ1v) is 4.76. The van der Waals surface area contributed by atoms with Gasteiger partial charge in [0.05, 0.1) is 0 Å². The van der Waals surface area contributed by atoms with E-state index in [0.29, 0.717) is 0 Å². The monoisotopic (exact) mass is 175 g/mol. The van der Waals surface area contributed by atoms with Crippen molar-refractivity contribution in [2.75, 3.05) is 5.73 Å². The maximum absolute atomic E-state index is 5.88. The van der Waals surface area contributed by atoms with Gasteiger partial charge in [0.2, 0.25) is 0 Å². The highest BCUT2D eigenvalue weighted by Crippen LogP contribution is 2.25. The van der Waals surface area contributed by atoms with Crippen molar-refractivity contribution in [3.8, 4) is 0 Å². The minimum absolute atomic E-state index is 0.884. The second-order valence-electron chi connectivity index (χ2n) is 3.18. The van der Waals surface area contributed by atoms with Gasteiger partial charge in [-0.05, 0) is 35.6 Å². The third kappa shape index (κ3) is 1.92. The summed E-state index contributed by atoms with van der Waals surface area (Å²) in [5, 5.41) is 0. The predicted molar refractivity (Wildman–Crippen MR) is 59.6 cm³/mol. The Kier molecular flexibility index (Phi) is 3.13. The number of allylic oxidation sites excluding steroid dienone is 1. The van der Waals surface area contributed by atoms with E-state index in [0.717, 1.165) is 18.5 Å². The summed E-state index contributed by atoms with van der Waals surface area (Å²) in [5.74, 6) is 0. The summed E-state index contributed by atoms with van der Waals surface area (Å²) >= 11 is 0. The molecule has 0 aliphatic rings. The van der Waals surface area contributed by atoms with Crippen molar-refractivity contribution in [1.82, 2.24) is 0 Å². The van der Waals surface area contributed by atoms with Gasteiger partial charge in [-0.2, -0.15) is 0 Å². The fraction of sp³-hybridized carbons (Fsp3) is 0.333. The molecule has 0 saturated carbocycles. The lowest BCUT2D eigenvalue weighted by Gasteiger charge is -2.11. The smallest absolute Gasteiger partial charge is 0.0352 e. The van der Waals surface area contributed by atoms with E-state index in [1.165, 1.54) is 16.7 Å². The van der Waals surface area contributed by atoms with Gasteiger partial charge in [-0.15, -0.1) is 0 Å². The van der Waals surface area contributed by atoms with Crippen LogP contribution in [-0.2, 0) is 6.42 Å². The van der Waals surface area contributed by atoms with Gasteiger partial charge >= 0.3 is 0 Å². The van der Waals surface area contributed by atoms with Crippen molar-refractivity contribution < 1.29 is 0 Å². The molecule has 0 fully saturated rings. The highest BCUT2D eigenvalue weighted by atomic mass is 14.6. The van der Waals surface area contributed by atoms with Crippen LogP contribution in [0.3, 0.4) is 0 Å². The van der Waals surface area contributed by atoms with Crippen LogP contribution in [0.2, 0.25) is 0 Å². The number of hydrogen-bond acceptors (Lipinski definition) is 1. The molecule has 70 valence electrons. The first-order chi connectivity index (χ1) is 6.20. The lowest BCUT2D eigenvalue weighted by Crippen LogP contribution is -1.97. The van der Waals surface area contributed by atoms with Crippen LogP contribution < -0.4 is 5.73 Å². The molecule has 2 N–H and O–H groups in total. The lowest BCUT2D eigenvalue weighted by atomic mass is 9.96. The molecule has 0 atom stereocenters.